The quantitative estimate of drug-likeness (QED) is 0.834. The highest BCUT2D eigenvalue weighted by molar-refractivity contribution is 7.90. The maximum Gasteiger partial charge on any atom is 0.175 e. The minimum Gasteiger partial charge on any atom is -0.387 e. The van der Waals surface area contributed by atoms with Gasteiger partial charge in [0.1, 0.15) is 0 Å². The van der Waals surface area contributed by atoms with Crippen LogP contribution in [0.15, 0.2) is 53.6 Å². The van der Waals surface area contributed by atoms with Gasteiger partial charge in [0, 0.05) is 37.7 Å². The highest BCUT2D eigenvalue weighted by Crippen LogP contribution is 2.17. The Balaban J connectivity index is 1.89. The Morgan fingerprint density at radius 1 is 1.17 bits per heavy atom. The monoisotopic (exact) mass is 334 g/mol. The SMILES string of the molecule is CN(CCc1ccccn1)CC(O)c1ccc(S(C)(=O)=O)cc1. The van der Waals surface area contributed by atoms with Gasteiger partial charge < -0.3 is 10.0 Å². The summed E-state index contributed by atoms with van der Waals surface area (Å²) in [6.45, 7) is 1.26. The van der Waals surface area contributed by atoms with Gasteiger partial charge in [-0.2, -0.15) is 0 Å². The third-order valence-corrected chi connectivity index (χ3v) is 4.78. The Kier molecular flexibility index (Phi) is 5.87. The molecule has 1 heterocycles. The van der Waals surface area contributed by atoms with Crippen LogP contribution in [0.4, 0.5) is 0 Å². The van der Waals surface area contributed by atoms with Crippen molar-refractivity contribution in [1.82, 2.24) is 9.88 Å². The summed E-state index contributed by atoms with van der Waals surface area (Å²) in [5.41, 5.74) is 1.73. The predicted octanol–water partition coefficient (Wildman–Crippen LogP) is 1.69. The molecule has 2 aromatic rings. The number of aliphatic hydroxyl groups excluding tert-OH is 1. The Morgan fingerprint density at radius 2 is 1.87 bits per heavy atom. The second kappa shape index (κ2) is 7.68. The largest absolute Gasteiger partial charge is 0.387 e. The second-order valence-electron chi connectivity index (χ2n) is 5.69. The second-order valence-corrected chi connectivity index (χ2v) is 7.71. The molecule has 5 nitrogen and oxygen atoms in total. The number of benzene rings is 1. The molecule has 1 unspecified atom stereocenters. The fraction of sp³-hybridized carbons (Fsp3) is 0.353. The molecule has 0 bridgehead atoms. The molecule has 0 amide bonds. The first-order valence-corrected chi connectivity index (χ1v) is 9.32. The fourth-order valence-corrected chi connectivity index (χ4v) is 2.91. The average molecular weight is 334 g/mol. The van der Waals surface area contributed by atoms with Crippen LogP contribution in [0.5, 0.6) is 0 Å². The third kappa shape index (κ3) is 5.42. The summed E-state index contributed by atoms with van der Waals surface area (Å²) in [6, 6.07) is 12.2. The first kappa shape index (κ1) is 17.6. The molecular formula is C17H22N2O3S. The molecule has 1 atom stereocenters. The number of likely N-dealkylation sites (N-methyl/N-ethyl adjacent to an activating group) is 1. The number of aliphatic hydroxyl groups is 1. The highest BCUT2D eigenvalue weighted by Gasteiger charge is 2.13. The van der Waals surface area contributed by atoms with E-state index in [0.717, 1.165) is 18.7 Å². The van der Waals surface area contributed by atoms with Crippen molar-refractivity contribution in [3.63, 3.8) is 0 Å². The van der Waals surface area contributed by atoms with Gasteiger partial charge in [0.25, 0.3) is 0 Å². The van der Waals surface area contributed by atoms with Gasteiger partial charge in [-0.1, -0.05) is 18.2 Å². The zero-order chi connectivity index (χ0) is 16.9. The molecule has 1 aromatic carbocycles. The number of hydrogen-bond donors (Lipinski definition) is 1. The van der Waals surface area contributed by atoms with E-state index in [9.17, 15) is 13.5 Å². The van der Waals surface area contributed by atoms with E-state index in [0.29, 0.717) is 12.1 Å². The number of aromatic nitrogens is 1. The zero-order valence-corrected chi connectivity index (χ0v) is 14.2. The van der Waals surface area contributed by atoms with E-state index >= 15 is 0 Å². The molecule has 23 heavy (non-hydrogen) atoms. The van der Waals surface area contributed by atoms with E-state index in [2.05, 4.69) is 4.98 Å². The Morgan fingerprint density at radius 3 is 2.43 bits per heavy atom. The lowest BCUT2D eigenvalue weighted by Crippen LogP contribution is -2.27. The highest BCUT2D eigenvalue weighted by atomic mass is 32.2. The number of hydrogen-bond acceptors (Lipinski definition) is 5. The summed E-state index contributed by atoms with van der Waals surface area (Å²) in [5, 5.41) is 10.3. The van der Waals surface area contributed by atoms with Gasteiger partial charge in [-0.15, -0.1) is 0 Å². The van der Waals surface area contributed by atoms with Gasteiger partial charge in [0.2, 0.25) is 0 Å². The smallest absolute Gasteiger partial charge is 0.175 e. The van der Waals surface area contributed by atoms with Crippen molar-refractivity contribution in [2.75, 3.05) is 26.4 Å². The molecule has 0 saturated heterocycles. The lowest BCUT2D eigenvalue weighted by atomic mass is 10.1. The van der Waals surface area contributed by atoms with Crippen LogP contribution in [-0.4, -0.2) is 49.8 Å². The van der Waals surface area contributed by atoms with Gasteiger partial charge in [-0.05, 0) is 36.9 Å². The molecule has 0 aliphatic rings. The van der Waals surface area contributed by atoms with Crippen molar-refractivity contribution in [1.29, 1.82) is 0 Å². The van der Waals surface area contributed by atoms with Crippen LogP contribution in [0.1, 0.15) is 17.4 Å². The van der Waals surface area contributed by atoms with E-state index in [1.165, 1.54) is 18.4 Å². The van der Waals surface area contributed by atoms with Crippen LogP contribution in [0.3, 0.4) is 0 Å². The maximum absolute atomic E-state index is 11.4. The Bertz CT molecular complexity index is 715. The van der Waals surface area contributed by atoms with E-state index in [4.69, 9.17) is 0 Å². The van der Waals surface area contributed by atoms with Crippen LogP contribution < -0.4 is 0 Å². The molecule has 1 aromatic heterocycles. The number of rotatable bonds is 7. The van der Waals surface area contributed by atoms with Gasteiger partial charge in [0.15, 0.2) is 9.84 Å². The summed E-state index contributed by atoms with van der Waals surface area (Å²) in [5.74, 6) is 0. The van der Waals surface area contributed by atoms with E-state index in [1.54, 1.807) is 18.3 Å². The molecule has 0 fully saturated rings. The normalized spacial score (nSPS) is 13.2. The van der Waals surface area contributed by atoms with Gasteiger partial charge in [0.05, 0.1) is 11.0 Å². The summed E-state index contributed by atoms with van der Waals surface area (Å²) in [4.78, 5) is 6.57. The lowest BCUT2D eigenvalue weighted by Gasteiger charge is -2.20. The van der Waals surface area contributed by atoms with Crippen molar-refractivity contribution < 1.29 is 13.5 Å². The van der Waals surface area contributed by atoms with Crippen molar-refractivity contribution in [2.24, 2.45) is 0 Å². The maximum atomic E-state index is 11.4. The van der Waals surface area contributed by atoms with Crippen LogP contribution in [0.2, 0.25) is 0 Å². The zero-order valence-electron chi connectivity index (χ0n) is 13.4. The minimum atomic E-state index is -3.21. The molecule has 0 aliphatic heterocycles. The molecule has 0 saturated carbocycles. The first-order chi connectivity index (χ1) is 10.9. The molecule has 0 radical (unpaired) electrons. The number of sulfone groups is 1. The van der Waals surface area contributed by atoms with Gasteiger partial charge >= 0.3 is 0 Å². The topological polar surface area (TPSA) is 70.5 Å². The van der Waals surface area contributed by atoms with Crippen molar-refractivity contribution >= 4 is 9.84 Å². The van der Waals surface area contributed by atoms with E-state index < -0.39 is 15.9 Å². The molecule has 2 rings (SSSR count). The summed E-state index contributed by atoms with van der Waals surface area (Å²) in [7, 11) is -1.27. The molecular weight excluding hydrogens is 312 g/mol. The first-order valence-electron chi connectivity index (χ1n) is 7.43. The average Bonchev–Trinajstić information content (AvgIpc) is 2.53. The number of nitrogens with zero attached hydrogens (tertiary/aromatic N) is 2. The lowest BCUT2D eigenvalue weighted by molar-refractivity contribution is 0.127. The summed E-state index contributed by atoms with van der Waals surface area (Å²) >= 11 is 0. The third-order valence-electron chi connectivity index (χ3n) is 3.65. The minimum absolute atomic E-state index is 0.261. The summed E-state index contributed by atoms with van der Waals surface area (Å²) < 4.78 is 22.9. The predicted molar refractivity (Wildman–Crippen MR) is 89.9 cm³/mol. The molecule has 124 valence electrons. The van der Waals surface area contributed by atoms with Crippen molar-refractivity contribution in [3.05, 3.63) is 59.9 Å². The fourth-order valence-electron chi connectivity index (χ4n) is 2.28. The van der Waals surface area contributed by atoms with E-state index in [1.807, 2.05) is 30.1 Å². The molecule has 6 heteroatoms. The van der Waals surface area contributed by atoms with Crippen LogP contribution in [-0.2, 0) is 16.3 Å². The van der Waals surface area contributed by atoms with Gasteiger partial charge in [-0.3, -0.25) is 4.98 Å². The molecule has 0 spiro atoms. The Hall–Kier alpha value is -1.76. The number of pyridine rings is 1. The summed E-state index contributed by atoms with van der Waals surface area (Å²) in [6.07, 6.45) is 3.10. The molecule has 1 N–H and O–H groups in total. The van der Waals surface area contributed by atoms with Crippen LogP contribution >= 0.6 is 0 Å². The van der Waals surface area contributed by atoms with E-state index in [-0.39, 0.29) is 4.90 Å². The van der Waals surface area contributed by atoms with Crippen molar-refractivity contribution in [2.45, 2.75) is 17.4 Å². The van der Waals surface area contributed by atoms with Crippen LogP contribution in [0, 0.1) is 0 Å². The Labute approximate surface area is 137 Å². The van der Waals surface area contributed by atoms with Gasteiger partial charge in [-0.25, -0.2) is 8.42 Å². The standard InChI is InChI=1S/C17H22N2O3S/c1-19(12-10-15-5-3-4-11-18-15)13-17(20)14-6-8-16(9-7-14)23(2,21)22/h3-9,11,17,20H,10,12-13H2,1-2H3. The molecule has 0 aliphatic carbocycles. The van der Waals surface area contributed by atoms with Crippen molar-refractivity contribution in [3.8, 4) is 0 Å². The van der Waals surface area contributed by atoms with Crippen LogP contribution in [0.25, 0.3) is 0 Å².